The number of rotatable bonds is 10. The van der Waals surface area contributed by atoms with E-state index in [4.69, 9.17) is 9.84 Å². The van der Waals surface area contributed by atoms with Gasteiger partial charge < -0.3 is 25.8 Å². The third kappa shape index (κ3) is 12.6. The molecule has 0 atom stereocenters. The minimum Gasteiger partial charge on any atom is -0.480 e. The summed E-state index contributed by atoms with van der Waals surface area (Å²) in [5, 5.41) is 16.0. The summed E-state index contributed by atoms with van der Waals surface area (Å²) in [7, 11) is 0. The smallest absolute Gasteiger partial charge is 0.329 e. The Morgan fingerprint density at radius 3 is 2.35 bits per heavy atom. The van der Waals surface area contributed by atoms with Gasteiger partial charge in [-0.2, -0.15) is 0 Å². The molecule has 0 fully saturated rings. The Morgan fingerprint density at radius 1 is 1.10 bits per heavy atom. The summed E-state index contributed by atoms with van der Waals surface area (Å²) in [6.07, 6.45) is 0.218. The van der Waals surface area contributed by atoms with Crippen molar-refractivity contribution in [3.63, 3.8) is 0 Å². The molecule has 116 valence electrons. The first-order valence-corrected chi connectivity index (χ1v) is 6.49. The monoisotopic (exact) mass is 289 g/mol. The van der Waals surface area contributed by atoms with E-state index in [2.05, 4.69) is 16.0 Å². The number of carbonyl (C=O) groups excluding carboxylic acids is 2. The summed E-state index contributed by atoms with van der Waals surface area (Å²) in [5.74, 6) is -0.772. The van der Waals surface area contributed by atoms with Crippen molar-refractivity contribution in [3.05, 3.63) is 0 Å². The Hall–Kier alpha value is -1.83. The van der Waals surface area contributed by atoms with Crippen LogP contribution < -0.4 is 16.0 Å². The van der Waals surface area contributed by atoms with Crippen molar-refractivity contribution in [2.45, 2.75) is 20.3 Å². The predicted molar refractivity (Wildman–Crippen MR) is 72.3 cm³/mol. The lowest BCUT2D eigenvalue weighted by Gasteiger charge is -2.09. The average Bonchev–Trinajstić information content (AvgIpc) is 2.35. The fraction of sp³-hybridized carbons (Fsp3) is 0.750. The van der Waals surface area contributed by atoms with E-state index in [0.717, 1.165) is 0 Å². The van der Waals surface area contributed by atoms with Gasteiger partial charge in [0.05, 0.1) is 6.61 Å². The first kappa shape index (κ1) is 18.2. The molecule has 0 heterocycles. The van der Waals surface area contributed by atoms with Crippen molar-refractivity contribution in [2.75, 3.05) is 32.8 Å². The number of ether oxygens (including phenoxy) is 1. The lowest BCUT2D eigenvalue weighted by Crippen LogP contribution is -2.39. The van der Waals surface area contributed by atoms with Crippen molar-refractivity contribution in [3.8, 4) is 0 Å². The van der Waals surface area contributed by atoms with Gasteiger partial charge in [-0.3, -0.25) is 4.79 Å². The summed E-state index contributed by atoms with van der Waals surface area (Å²) < 4.78 is 4.74. The molecule has 0 aliphatic carbocycles. The van der Waals surface area contributed by atoms with Gasteiger partial charge in [0.15, 0.2) is 0 Å². The first-order valence-electron chi connectivity index (χ1n) is 6.49. The number of urea groups is 1. The summed E-state index contributed by atoms with van der Waals surface area (Å²) >= 11 is 0. The second-order valence-electron chi connectivity index (χ2n) is 4.58. The van der Waals surface area contributed by atoms with Gasteiger partial charge in [0.1, 0.15) is 6.61 Å². The van der Waals surface area contributed by atoms with Crippen molar-refractivity contribution < 1.29 is 24.2 Å². The fourth-order valence-electron chi connectivity index (χ4n) is 1.15. The van der Waals surface area contributed by atoms with E-state index < -0.39 is 12.0 Å². The maximum Gasteiger partial charge on any atom is 0.329 e. The van der Waals surface area contributed by atoms with E-state index in [-0.39, 0.29) is 38.6 Å². The molecule has 0 rings (SSSR count). The highest BCUT2D eigenvalue weighted by atomic mass is 16.5. The molecule has 0 aliphatic rings. The van der Waals surface area contributed by atoms with Gasteiger partial charge in [-0.05, 0) is 5.92 Å². The van der Waals surface area contributed by atoms with Crippen LogP contribution >= 0.6 is 0 Å². The van der Waals surface area contributed by atoms with Crippen LogP contribution in [0, 0.1) is 5.92 Å². The third-order valence-corrected chi connectivity index (χ3v) is 2.10. The summed E-state index contributed by atoms with van der Waals surface area (Å²) in [5.41, 5.74) is 0. The second-order valence-corrected chi connectivity index (χ2v) is 4.58. The number of aliphatic carboxylic acids is 1. The van der Waals surface area contributed by atoms with Crippen LogP contribution in [0.5, 0.6) is 0 Å². The summed E-state index contributed by atoms with van der Waals surface area (Å²) in [6.45, 7) is 4.79. The zero-order chi connectivity index (χ0) is 15.4. The van der Waals surface area contributed by atoms with Gasteiger partial charge in [0.25, 0.3) is 0 Å². The van der Waals surface area contributed by atoms with E-state index in [1.54, 1.807) is 0 Å². The molecule has 0 unspecified atom stereocenters. The summed E-state index contributed by atoms with van der Waals surface area (Å²) in [4.78, 5) is 32.7. The molecule has 0 saturated heterocycles. The van der Waals surface area contributed by atoms with Crippen LogP contribution in [0.4, 0.5) is 4.79 Å². The minimum absolute atomic E-state index is 0.108. The zero-order valence-corrected chi connectivity index (χ0v) is 11.9. The topological polar surface area (TPSA) is 117 Å². The van der Waals surface area contributed by atoms with Crippen molar-refractivity contribution >= 4 is 17.9 Å². The molecule has 0 radical (unpaired) electrons. The standard InChI is InChI=1S/C12H23N3O5/c1-9(2)7-15-10(16)3-4-13-12(19)14-5-6-20-8-11(17)18/h9H,3-8H2,1-2H3,(H,15,16)(H,17,18)(H2,13,14,19). The normalized spacial score (nSPS) is 10.2. The number of carboxylic acids is 1. The molecule has 8 nitrogen and oxygen atoms in total. The lowest BCUT2D eigenvalue weighted by atomic mass is 10.2. The van der Waals surface area contributed by atoms with Crippen LogP contribution in [0.2, 0.25) is 0 Å². The molecule has 0 aromatic carbocycles. The largest absolute Gasteiger partial charge is 0.480 e. The molecule has 8 heteroatoms. The van der Waals surface area contributed by atoms with E-state index >= 15 is 0 Å². The molecule has 0 spiro atoms. The maximum atomic E-state index is 11.3. The number of nitrogens with one attached hydrogen (secondary N) is 3. The third-order valence-electron chi connectivity index (χ3n) is 2.10. The van der Waals surface area contributed by atoms with Crippen LogP contribution in [0.15, 0.2) is 0 Å². The molecule has 0 bridgehead atoms. The van der Waals surface area contributed by atoms with Gasteiger partial charge in [-0.25, -0.2) is 9.59 Å². The SMILES string of the molecule is CC(C)CNC(=O)CCNC(=O)NCCOCC(=O)O. The number of hydrogen-bond donors (Lipinski definition) is 4. The fourth-order valence-corrected chi connectivity index (χ4v) is 1.15. The highest BCUT2D eigenvalue weighted by Gasteiger charge is 2.04. The van der Waals surface area contributed by atoms with E-state index in [0.29, 0.717) is 12.5 Å². The Morgan fingerprint density at radius 2 is 1.75 bits per heavy atom. The van der Waals surface area contributed by atoms with Crippen molar-refractivity contribution in [2.24, 2.45) is 5.92 Å². The van der Waals surface area contributed by atoms with Crippen LogP contribution in [-0.2, 0) is 14.3 Å². The van der Waals surface area contributed by atoms with Crippen LogP contribution in [0.3, 0.4) is 0 Å². The molecule has 4 N–H and O–H groups in total. The molecule has 0 aromatic rings. The first-order chi connectivity index (χ1) is 9.41. The van der Waals surface area contributed by atoms with Gasteiger partial charge >= 0.3 is 12.0 Å². The van der Waals surface area contributed by atoms with Crippen molar-refractivity contribution in [1.82, 2.24) is 16.0 Å². The maximum absolute atomic E-state index is 11.3. The number of carboxylic acid groups (broad SMARTS) is 1. The zero-order valence-electron chi connectivity index (χ0n) is 11.9. The molecular weight excluding hydrogens is 266 g/mol. The van der Waals surface area contributed by atoms with Crippen LogP contribution in [-0.4, -0.2) is 55.9 Å². The van der Waals surface area contributed by atoms with E-state index in [9.17, 15) is 14.4 Å². The highest BCUT2D eigenvalue weighted by molar-refractivity contribution is 5.78. The minimum atomic E-state index is -1.05. The Labute approximate surface area is 118 Å². The van der Waals surface area contributed by atoms with E-state index in [1.165, 1.54) is 0 Å². The highest BCUT2D eigenvalue weighted by Crippen LogP contribution is 1.87. The molecule has 20 heavy (non-hydrogen) atoms. The Kier molecular flexibility index (Phi) is 10.0. The Balaban J connectivity index is 3.44. The molecule has 0 aromatic heterocycles. The second kappa shape index (κ2) is 11.0. The number of amides is 3. The molecule has 3 amide bonds. The predicted octanol–water partition coefficient (Wildman–Crippen LogP) is -0.451. The van der Waals surface area contributed by atoms with E-state index in [1.807, 2.05) is 13.8 Å². The van der Waals surface area contributed by atoms with Gasteiger partial charge in [-0.15, -0.1) is 0 Å². The van der Waals surface area contributed by atoms with Gasteiger partial charge in [0, 0.05) is 26.1 Å². The van der Waals surface area contributed by atoms with Crippen molar-refractivity contribution in [1.29, 1.82) is 0 Å². The molecule has 0 aliphatic heterocycles. The summed E-state index contributed by atoms with van der Waals surface area (Å²) in [6, 6.07) is -0.416. The Bertz CT molecular complexity index is 320. The van der Waals surface area contributed by atoms with Crippen LogP contribution in [0.1, 0.15) is 20.3 Å². The number of carbonyl (C=O) groups is 3. The van der Waals surface area contributed by atoms with Gasteiger partial charge in [-0.1, -0.05) is 13.8 Å². The quantitative estimate of drug-likeness (QED) is 0.406. The molecular formula is C12H23N3O5. The van der Waals surface area contributed by atoms with Gasteiger partial charge in [0.2, 0.25) is 5.91 Å². The van der Waals surface area contributed by atoms with Crippen LogP contribution in [0.25, 0.3) is 0 Å². The average molecular weight is 289 g/mol. The lowest BCUT2D eigenvalue weighted by molar-refractivity contribution is -0.142. The number of hydrogen-bond acceptors (Lipinski definition) is 4. The molecule has 0 saturated carbocycles.